The van der Waals surface area contributed by atoms with Gasteiger partial charge in [-0.1, -0.05) is 18.2 Å². The van der Waals surface area contributed by atoms with Gasteiger partial charge in [0.05, 0.1) is 18.6 Å². The van der Waals surface area contributed by atoms with Gasteiger partial charge in [-0.3, -0.25) is 4.79 Å². The van der Waals surface area contributed by atoms with Crippen molar-refractivity contribution >= 4 is 16.7 Å². The minimum absolute atomic E-state index is 0.103. The Labute approximate surface area is 105 Å². The highest BCUT2D eigenvalue weighted by Gasteiger charge is 2.46. The highest BCUT2D eigenvalue weighted by Crippen LogP contribution is 2.34. The number of ether oxygens (including phenoxy) is 1. The molecule has 3 N–H and O–H groups in total. The zero-order valence-electron chi connectivity index (χ0n) is 10.3. The van der Waals surface area contributed by atoms with Crippen molar-refractivity contribution in [2.45, 2.75) is 6.92 Å². The molecule has 1 aliphatic rings. The standard InChI is InChI=1S/C14H16N2O2/c1-9-12(10-4-2-3-5-11(10)16-9)13(17)14(6-15)7-18-8-14/h2-5,16H,6-8,15H2,1H3. The van der Waals surface area contributed by atoms with E-state index in [0.717, 1.165) is 22.2 Å². The predicted octanol–water partition coefficient (Wildman–Crippen LogP) is 1.63. The molecule has 3 rings (SSSR count). The van der Waals surface area contributed by atoms with Gasteiger partial charge in [-0.25, -0.2) is 0 Å². The fraction of sp³-hybridized carbons (Fsp3) is 0.357. The molecule has 1 aromatic heterocycles. The third-order valence-electron chi connectivity index (χ3n) is 3.75. The summed E-state index contributed by atoms with van der Waals surface area (Å²) in [5.74, 6) is 0.103. The fourth-order valence-electron chi connectivity index (χ4n) is 2.52. The molecule has 18 heavy (non-hydrogen) atoms. The van der Waals surface area contributed by atoms with Crippen molar-refractivity contribution in [2.75, 3.05) is 19.8 Å². The van der Waals surface area contributed by atoms with Crippen LogP contribution in [0.25, 0.3) is 10.9 Å². The Balaban J connectivity index is 2.14. The second kappa shape index (κ2) is 3.93. The number of nitrogens with two attached hydrogens (primary N) is 1. The zero-order valence-corrected chi connectivity index (χ0v) is 10.3. The molecule has 1 fully saturated rings. The number of hydrogen-bond donors (Lipinski definition) is 2. The van der Waals surface area contributed by atoms with Gasteiger partial charge in [0, 0.05) is 28.7 Å². The third kappa shape index (κ3) is 1.43. The maximum Gasteiger partial charge on any atom is 0.177 e. The van der Waals surface area contributed by atoms with Crippen LogP contribution in [0.1, 0.15) is 16.1 Å². The Bertz CT molecular complexity index is 606. The van der Waals surface area contributed by atoms with Crippen LogP contribution in [0.3, 0.4) is 0 Å². The van der Waals surface area contributed by atoms with E-state index in [1.54, 1.807) is 0 Å². The van der Waals surface area contributed by atoms with Crippen LogP contribution in [0.15, 0.2) is 24.3 Å². The number of ketones is 1. The summed E-state index contributed by atoms with van der Waals surface area (Å²) < 4.78 is 5.19. The van der Waals surface area contributed by atoms with Gasteiger partial charge in [-0.2, -0.15) is 0 Å². The smallest absolute Gasteiger partial charge is 0.177 e. The molecule has 1 saturated heterocycles. The molecule has 2 heterocycles. The van der Waals surface area contributed by atoms with Gasteiger partial charge in [0.1, 0.15) is 0 Å². The zero-order chi connectivity index (χ0) is 12.8. The number of benzene rings is 1. The Kier molecular flexibility index (Phi) is 2.50. The summed E-state index contributed by atoms with van der Waals surface area (Å²) in [6.45, 7) is 3.13. The maximum absolute atomic E-state index is 12.7. The van der Waals surface area contributed by atoms with Gasteiger partial charge in [0.15, 0.2) is 5.78 Å². The van der Waals surface area contributed by atoms with Gasteiger partial charge in [0.2, 0.25) is 0 Å². The Morgan fingerprint density at radius 2 is 2.17 bits per heavy atom. The Morgan fingerprint density at radius 3 is 2.78 bits per heavy atom. The monoisotopic (exact) mass is 244 g/mol. The third-order valence-corrected chi connectivity index (χ3v) is 3.75. The van der Waals surface area contributed by atoms with E-state index in [0.29, 0.717) is 19.8 Å². The second-order valence-electron chi connectivity index (χ2n) is 4.98. The lowest BCUT2D eigenvalue weighted by Gasteiger charge is -2.38. The average molecular weight is 244 g/mol. The van der Waals surface area contributed by atoms with Gasteiger partial charge >= 0.3 is 0 Å². The number of H-pyrrole nitrogens is 1. The van der Waals surface area contributed by atoms with Gasteiger partial charge in [-0.15, -0.1) is 0 Å². The number of aromatic nitrogens is 1. The van der Waals surface area contributed by atoms with E-state index in [1.165, 1.54) is 0 Å². The fourth-order valence-corrected chi connectivity index (χ4v) is 2.52. The van der Waals surface area contributed by atoms with Crippen LogP contribution < -0.4 is 5.73 Å². The summed E-state index contributed by atoms with van der Waals surface area (Å²) in [5, 5.41) is 0.972. The minimum Gasteiger partial charge on any atom is -0.379 e. The van der Waals surface area contributed by atoms with E-state index in [4.69, 9.17) is 10.5 Å². The van der Waals surface area contributed by atoms with E-state index < -0.39 is 5.41 Å². The normalized spacial score (nSPS) is 17.7. The SMILES string of the molecule is Cc1[nH]c2ccccc2c1C(=O)C1(CN)COC1. The van der Waals surface area contributed by atoms with Crippen molar-refractivity contribution in [3.63, 3.8) is 0 Å². The lowest BCUT2D eigenvalue weighted by Crippen LogP contribution is -2.54. The van der Waals surface area contributed by atoms with E-state index in [2.05, 4.69) is 4.98 Å². The van der Waals surface area contributed by atoms with Crippen molar-refractivity contribution in [2.24, 2.45) is 11.1 Å². The van der Waals surface area contributed by atoms with Crippen LogP contribution in [0.4, 0.5) is 0 Å². The number of Topliss-reactive ketones (excluding diaryl/α,β-unsaturated/α-hetero) is 1. The predicted molar refractivity (Wildman–Crippen MR) is 69.7 cm³/mol. The van der Waals surface area contributed by atoms with Crippen molar-refractivity contribution < 1.29 is 9.53 Å². The van der Waals surface area contributed by atoms with Gasteiger partial charge in [0.25, 0.3) is 0 Å². The molecule has 2 aromatic rings. The molecule has 0 radical (unpaired) electrons. The number of aromatic amines is 1. The summed E-state index contributed by atoms with van der Waals surface area (Å²) in [4.78, 5) is 15.9. The van der Waals surface area contributed by atoms with Crippen molar-refractivity contribution in [3.8, 4) is 0 Å². The average Bonchev–Trinajstić information content (AvgIpc) is 2.63. The number of para-hydroxylation sites is 1. The molecule has 1 aromatic carbocycles. The van der Waals surface area contributed by atoms with Crippen LogP contribution >= 0.6 is 0 Å². The van der Waals surface area contributed by atoms with E-state index in [-0.39, 0.29) is 5.78 Å². The van der Waals surface area contributed by atoms with Crippen LogP contribution in [0.5, 0.6) is 0 Å². The molecule has 4 heteroatoms. The number of fused-ring (bicyclic) bond motifs is 1. The molecule has 0 bridgehead atoms. The van der Waals surface area contributed by atoms with Crippen molar-refractivity contribution in [3.05, 3.63) is 35.5 Å². The summed E-state index contributed by atoms with van der Waals surface area (Å²) in [5.41, 5.74) is 7.90. The first-order valence-corrected chi connectivity index (χ1v) is 6.08. The van der Waals surface area contributed by atoms with Crippen LogP contribution in [0, 0.1) is 12.3 Å². The number of hydrogen-bond acceptors (Lipinski definition) is 3. The quantitative estimate of drug-likeness (QED) is 0.806. The first-order chi connectivity index (χ1) is 8.68. The lowest BCUT2D eigenvalue weighted by molar-refractivity contribution is -0.0815. The van der Waals surface area contributed by atoms with Gasteiger partial charge < -0.3 is 15.5 Å². The molecule has 0 amide bonds. The maximum atomic E-state index is 12.7. The number of carbonyl (C=O) groups excluding carboxylic acids is 1. The number of nitrogens with one attached hydrogen (secondary N) is 1. The van der Waals surface area contributed by atoms with Crippen molar-refractivity contribution in [1.29, 1.82) is 0 Å². The Morgan fingerprint density at radius 1 is 1.44 bits per heavy atom. The number of rotatable bonds is 3. The summed E-state index contributed by atoms with van der Waals surface area (Å²) in [6, 6.07) is 7.85. The second-order valence-corrected chi connectivity index (χ2v) is 4.98. The van der Waals surface area contributed by atoms with Crippen LogP contribution in [-0.2, 0) is 4.74 Å². The summed E-state index contributed by atoms with van der Waals surface area (Å²) >= 11 is 0. The molecule has 0 aliphatic carbocycles. The first-order valence-electron chi connectivity index (χ1n) is 6.08. The molecular formula is C14H16N2O2. The highest BCUT2D eigenvalue weighted by molar-refractivity contribution is 6.12. The molecule has 0 unspecified atom stereocenters. The number of carbonyl (C=O) groups is 1. The van der Waals surface area contributed by atoms with E-state index >= 15 is 0 Å². The molecule has 0 saturated carbocycles. The molecule has 0 atom stereocenters. The highest BCUT2D eigenvalue weighted by atomic mass is 16.5. The molecule has 94 valence electrons. The lowest BCUT2D eigenvalue weighted by atomic mass is 9.78. The van der Waals surface area contributed by atoms with Gasteiger partial charge in [-0.05, 0) is 13.0 Å². The first kappa shape index (κ1) is 11.4. The Hall–Kier alpha value is -1.65. The molecule has 4 nitrogen and oxygen atoms in total. The molecule has 1 aliphatic heterocycles. The van der Waals surface area contributed by atoms with Crippen molar-refractivity contribution in [1.82, 2.24) is 4.98 Å². The van der Waals surface area contributed by atoms with Crippen LogP contribution in [-0.4, -0.2) is 30.5 Å². The van der Waals surface area contributed by atoms with Crippen LogP contribution in [0.2, 0.25) is 0 Å². The van der Waals surface area contributed by atoms with E-state index in [1.807, 2.05) is 31.2 Å². The number of aryl methyl sites for hydroxylation is 1. The molecule has 0 spiro atoms. The minimum atomic E-state index is -0.518. The largest absolute Gasteiger partial charge is 0.379 e. The summed E-state index contributed by atoms with van der Waals surface area (Å²) in [7, 11) is 0. The van der Waals surface area contributed by atoms with E-state index in [9.17, 15) is 4.79 Å². The summed E-state index contributed by atoms with van der Waals surface area (Å²) in [6.07, 6.45) is 0. The molecular weight excluding hydrogens is 228 g/mol. The topological polar surface area (TPSA) is 68.1 Å².